The van der Waals surface area contributed by atoms with Crippen molar-refractivity contribution in [3.63, 3.8) is 0 Å². The van der Waals surface area contributed by atoms with E-state index in [0.717, 1.165) is 55.6 Å². The lowest BCUT2D eigenvalue weighted by Crippen LogP contribution is -2.46. The number of pyridine rings is 1. The first-order chi connectivity index (χ1) is 13.8. The number of anilines is 1. The highest BCUT2D eigenvalue weighted by molar-refractivity contribution is 5.89. The van der Waals surface area contributed by atoms with Crippen molar-refractivity contribution in [1.82, 2.24) is 19.9 Å². The Kier molecular flexibility index (Phi) is 4.39. The van der Waals surface area contributed by atoms with Crippen LogP contribution in [0.1, 0.15) is 24.0 Å². The molecule has 6 heteroatoms. The topological polar surface area (TPSA) is 62.2 Å². The van der Waals surface area contributed by atoms with Gasteiger partial charge in [0.15, 0.2) is 0 Å². The van der Waals surface area contributed by atoms with E-state index in [1.54, 1.807) is 18.7 Å². The third kappa shape index (κ3) is 3.09. The van der Waals surface area contributed by atoms with Crippen molar-refractivity contribution in [1.29, 1.82) is 0 Å². The van der Waals surface area contributed by atoms with E-state index in [0.29, 0.717) is 6.54 Å². The predicted octanol–water partition coefficient (Wildman–Crippen LogP) is 2.83. The zero-order valence-corrected chi connectivity index (χ0v) is 15.8. The molecule has 1 amide bonds. The Balaban J connectivity index is 1.35. The standard InChI is InChI=1S/C22H23N5O/c28-22(27-11-8-16-4-1-2-5-17(16)13-27)18-6-3-10-26(14-18)21-19-7-9-23-12-20(19)24-15-25-21/h1-2,4-5,7,9,12,15,18H,3,6,8,10-11,13-14H2. The number of amides is 1. The number of carbonyl (C=O) groups is 1. The SMILES string of the molecule is O=C(C1CCCN(c2ncnc3cnccc23)C1)N1CCc2ccccc2C1. The molecule has 4 heterocycles. The lowest BCUT2D eigenvalue weighted by atomic mass is 9.94. The highest BCUT2D eigenvalue weighted by Gasteiger charge is 2.31. The Morgan fingerprint density at radius 1 is 1.07 bits per heavy atom. The number of fused-ring (bicyclic) bond motifs is 2. The first-order valence-electron chi connectivity index (χ1n) is 9.95. The van der Waals surface area contributed by atoms with E-state index in [4.69, 9.17) is 0 Å². The summed E-state index contributed by atoms with van der Waals surface area (Å²) in [4.78, 5) is 30.5. The van der Waals surface area contributed by atoms with Crippen molar-refractivity contribution in [2.24, 2.45) is 5.92 Å². The highest BCUT2D eigenvalue weighted by atomic mass is 16.2. The van der Waals surface area contributed by atoms with Crippen LogP contribution in [-0.2, 0) is 17.8 Å². The van der Waals surface area contributed by atoms with E-state index in [1.165, 1.54) is 11.1 Å². The molecular formula is C22H23N5O. The maximum atomic E-state index is 13.3. The fourth-order valence-electron chi connectivity index (χ4n) is 4.46. The number of carbonyl (C=O) groups excluding carboxylic acids is 1. The van der Waals surface area contributed by atoms with Crippen LogP contribution in [0.4, 0.5) is 5.82 Å². The molecule has 5 rings (SSSR count). The van der Waals surface area contributed by atoms with Gasteiger partial charge in [0.05, 0.1) is 17.6 Å². The van der Waals surface area contributed by atoms with Crippen molar-refractivity contribution in [2.75, 3.05) is 24.5 Å². The summed E-state index contributed by atoms with van der Waals surface area (Å²) in [6.45, 7) is 3.18. The molecule has 2 aliphatic heterocycles. The van der Waals surface area contributed by atoms with E-state index in [-0.39, 0.29) is 11.8 Å². The number of nitrogens with zero attached hydrogens (tertiary/aromatic N) is 5. The van der Waals surface area contributed by atoms with Gasteiger partial charge in [-0.3, -0.25) is 9.78 Å². The van der Waals surface area contributed by atoms with Gasteiger partial charge in [-0.05, 0) is 36.5 Å². The summed E-state index contributed by atoms with van der Waals surface area (Å²) in [5.74, 6) is 1.21. The van der Waals surface area contributed by atoms with E-state index < -0.39 is 0 Å². The fraction of sp³-hybridized carbons (Fsp3) is 0.364. The van der Waals surface area contributed by atoms with Crippen molar-refractivity contribution in [2.45, 2.75) is 25.8 Å². The number of hydrogen-bond donors (Lipinski definition) is 0. The Morgan fingerprint density at radius 2 is 1.96 bits per heavy atom. The van der Waals surface area contributed by atoms with Crippen LogP contribution >= 0.6 is 0 Å². The monoisotopic (exact) mass is 373 g/mol. The largest absolute Gasteiger partial charge is 0.355 e. The van der Waals surface area contributed by atoms with Gasteiger partial charge >= 0.3 is 0 Å². The maximum Gasteiger partial charge on any atom is 0.227 e. The molecule has 142 valence electrons. The second-order valence-corrected chi connectivity index (χ2v) is 7.65. The van der Waals surface area contributed by atoms with Crippen LogP contribution in [0.3, 0.4) is 0 Å². The zero-order valence-electron chi connectivity index (χ0n) is 15.8. The van der Waals surface area contributed by atoms with Crippen molar-refractivity contribution in [3.8, 4) is 0 Å². The number of rotatable bonds is 2. The van der Waals surface area contributed by atoms with Gasteiger partial charge in [0, 0.05) is 37.8 Å². The third-order valence-electron chi connectivity index (χ3n) is 5.93. The molecule has 0 saturated carbocycles. The Bertz CT molecular complexity index is 1020. The molecule has 1 unspecified atom stereocenters. The summed E-state index contributed by atoms with van der Waals surface area (Å²) in [5, 5.41) is 0.998. The number of benzene rings is 1. The quantitative estimate of drug-likeness (QED) is 0.691. The molecular weight excluding hydrogens is 350 g/mol. The van der Waals surface area contributed by atoms with Crippen molar-refractivity contribution < 1.29 is 4.79 Å². The van der Waals surface area contributed by atoms with Gasteiger partial charge < -0.3 is 9.80 Å². The van der Waals surface area contributed by atoms with Gasteiger partial charge in [-0.2, -0.15) is 0 Å². The van der Waals surface area contributed by atoms with Crippen LogP contribution in [0.25, 0.3) is 10.9 Å². The summed E-state index contributed by atoms with van der Waals surface area (Å²) < 4.78 is 0. The lowest BCUT2D eigenvalue weighted by Gasteiger charge is -2.37. The van der Waals surface area contributed by atoms with Gasteiger partial charge in [0.1, 0.15) is 12.1 Å². The summed E-state index contributed by atoms with van der Waals surface area (Å²) in [6, 6.07) is 10.4. The van der Waals surface area contributed by atoms with Crippen LogP contribution in [0, 0.1) is 5.92 Å². The minimum absolute atomic E-state index is 0.0193. The normalized spacial score (nSPS) is 19.5. The lowest BCUT2D eigenvalue weighted by molar-refractivity contribution is -0.136. The van der Waals surface area contributed by atoms with E-state index in [2.05, 4.69) is 44.1 Å². The van der Waals surface area contributed by atoms with Crippen molar-refractivity contribution >= 4 is 22.6 Å². The smallest absolute Gasteiger partial charge is 0.227 e. The van der Waals surface area contributed by atoms with E-state index >= 15 is 0 Å². The summed E-state index contributed by atoms with van der Waals surface area (Å²) in [5.41, 5.74) is 3.50. The van der Waals surface area contributed by atoms with Crippen LogP contribution in [-0.4, -0.2) is 45.4 Å². The number of aromatic nitrogens is 3. The predicted molar refractivity (Wildman–Crippen MR) is 108 cm³/mol. The van der Waals surface area contributed by atoms with Crippen molar-refractivity contribution in [3.05, 3.63) is 60.2 Å². The molecule has 1 saturated heterocycles. The minimum atomic E-state index is 0.0193. The average molecular weight is 373 g/mol. The molecule has 3 aromatic rings. The molecule has 2 aliphatic rings. The summed E-state index contributed by atoms with van der Waals surface area (Å²) >= 11 is 0. The highest BCUT2D eigenvalue weighted by Crippen LogP contribution is 2.29. The molecule has 0 radical (unpaired) electrons. The van der Waals surface area contributed by atoms with Crippen LogP contribution in [0.15, 0.2) is 49.1 Å². The summed E-state index contributed by atoms with van der Waals surface area (Å²) in [7, 11) is 0. The third-order valence-corrected chi connectivity index (χ3v) is 5.93. The van der Waals surface area contributed by atoms with Gasteiger partial charge in [-0.15, -0.1) is 0 Å². The molecule has 0 bridgehead atoms. The van der Waals surface area contributed by atoms with E-state index in [9.17, 15) is 4.79 Å². The minimum Gasteiger partial charge on any atom is -0.355 e. The number of hydrogen-bond acceptors (Lipinski definition) is 5. The van der Waals surface area contributed by atoms with Crippen LogP contribution in [0.5, 0.6) is 0 Å². The molecule has 2 aromatic heterocycles. The van der Waals surface area contributed by atoms with Crippen LogP contribution in [0.2, 0.25) is 0 Å². The first-order valence-corrected chi connectivity index (χ1v) is 9.95. The second kappa shape index (κ2) is 7.19. The Morgan fingerprint density at radius 3 is 2.89 bits per heavy atom. The molecule has 1 atom stereocenters. The molecule has 0 N–H and O–H groups in total. The van der Waals surface area contributed by atoms with Gasteiger partial charge in [0.2, 0.25) is 5.91 Å². The average Bonchev–Trinajstić information content (AvgIpc) is 2.78. The van der Waals surface area contributed by atoms with Gasteiger partial charge in [-0.25, -0.2) is 9.97 Å². The fourth-order valence-corrected chi connectivity index (χ4v) is 4.46. The second-order valence-electron chi connectivity index (χ2n) is 7.65. The summed E-state index contributed by atoms with van der Waals surface area (Å²) in [6.07, 6.45) is 8.01. The Labute approximate surface area is 164 Å². The number of piperidine rings is 1. The molecule has 0 aliphatic carbocycles. The van der Waals surface area contributed by atoms with Gasteiger partial charge in [0.25, 0.3) is 0 Å². The molecule has 28 heavy (non-hydrogen) atoms. The van der Waals surface area contributed by atoms with E-state index in [1.807, 2.05) is 11.0 Å². The Hall–Kier alpha value is -3.02. The maximum absolute atomic E-state index is 13.3. The molecule has 6 nitrogen and oxygen atoms in total. The first kappa shape index (κ1) is 17.1. The molecule has 0 spiro atoms. The van der Waals surface area contributed by atoms with Crippen LogP contribution < -0.4 is 4.90 Å². The molecule has 1 fully saturated rings. The van der Waals surface area contributed by atoms with Gasteiger partial charge in [-0.1, -0.05) is 24.3 Å². The molecule has 1 aromatic carbocycles. The zero-order chi connectivity index (χ0) is 18.9.